The maximum atomic E-state index is 13.7. The van der Waals surface area contributed by atoms with Crippen molar-refractivity contribution in [3.63, 3.8) is 0 Å². The number of benzene rings is 4. The zero-order chi connectivity index (χ0) is 27.3. The number of halogens is 2. The SMILES string of the molecule is COC(=O)C1=C(C)NC2=C(C(=O)c3ccccc32)[C@H]1c1cc(Br)c(OCc2cccc3ccccc23)c(I)c1. The number of methoxy groups -OCH3 is 1. The molecule has 0 unspecified atom stereocenters. The molecule has 0 fully saturated rings. The number of esters is 1. The maximum absolute atomic E-state index is 13.7. The molecule has 0 saturated heterocycles. The van der Waals surface area contributed by atoms with E-state index in [2.05, 4.69) is 68.1 Å². The third kappa shape index (κ3) is 4.37. The summed E-state index contributed by atoms with van der Waals surface area (Å²) in [6, 6.07) is 25.9. The van der Waals surface area contributed by atoms with Crippen molar-refractivity contribution < 1.29 is 19.1 Å². The lowest BCUT2D eigenvalue weighted by molar-refractivity contribution is -0.136. The van der Waals surface area contributed by atoms with Gasteiger partial charge in [-0.25, -0.2) is 4.79 Å². The normalized spacial score (nSPS) is 16.2. The molecule has 39 heavy (non-hydrogen) atoms. The van der Waals surface area contributed by atoms with Gasteiger partial charge in [0.05, 0.1) is 26.4 Å². The monoisotopic (exact) mass is 691 g/mol. The Morgan fingerprint density at radius 2 is 1.72 bits per heavy atom. The summed E-state index contributed by atoms with van der Waals surface area (Å²) in [7, 11) is 1.36. The number of allylic oxidation sites excluding steroid dienone is 2. The van der Waals surface area contributed by atoms with Crippen LogP contribution in [0.15, 0.2) is 100 Å². The Morgan fingerprint density at radius 3 is 2.49 bits per heavy atom. The van der Waals surface area contributed by atoms with Gasteiger partial charge in [-0.05, 0) is 79.5 Å². The molecule has 1 N–H and O–H groups in total. The number of rotatable bonds is 5. The first-order chi connectivity index (χ1) is 18.9. The van der Waals surface area contributed by atoms with Crippen LogP contribution in [0.5, 0.6) is 5.75 Å². The molecule has 2 aliphatic rings. The summed E-state index contributed by atoms with van der Waals surface area (Å²) in [6.07, 6.45) is 0. The Kier molecular flexibility index (Phi) is 6.81. The minimum absolute atomic E-state index is 0.0885. The van der Waals surface area contributed by atoms with E-state index in [0.29, 0.717) is 34.8 Å². The first kappa shape index (κ1) is 25.8. The predicted octanol–water partition coefficient (Wildman–Crippen LogP) is 7.53. The van der Waals surface area contributed by atoms with E-state index in [9.17, 15) is 9.59 Å². The van der Waals surface area contributed by atoms with Gasteiger partial charge >= 0.3 is 5.97 Å². The molecule has 7 heteroatoms. The van der Waals surface area contributed by atoms with Crippen LogP contribution in [-0.4, -0.2) is 18.9 Å². The van der Waals surface area contributed by atoms with E-state index in [1.165, 1.54) is 7.11 Å². The topological polar surface area (TPSA) is 64.6 Å². The fourth-order valence-corrected chi connectivity index (χ4v) is 7.26. The molecule has 4 aromatic rings. The summed E-state index contributed by atoms with van der Waals surface area (Å²) >= 11 is 5.96. The van der Waals surface area contributed by atoms with Gasteiger partial charge in [0.25, 0.3) is 0 Å². The van der Waals surface area contributed by atoms with Crippen molar-refractivity contribution >= 4 is 66.7 Å². The summed E-state index contributed by atoms with van der Waals surface area (Å²) in [5.74, 6) is -0.445. The maximum Gasteiger partial charge on any atom is 0.336 e. The van der Waals surface area contributed by atoms with E-state index in [-0.39, 0.29) is 5.78 Å². The summed E-state index contributed by atoms with van der Waals surface area (Å²) in [6.45, 7) is 2.24. The van der Waals surface area contributed by atoms with Gasteiger partial charge in [0.2, 0.25) is 0 Å². The Morgan fingerprint density at radius 1 is 1.00 bits per heavy atom. The van der Waals surface area contributed by atoms with Crippen LogP contribution in [0.4, 0.5) is 0 Å². The molecule has 194 valence electrons. The van der Waals surface area contributed by atoms with Crippen LogP contribution in [0.1, 0.15) is 39.9 Å². The van der Waals surface area contributed by atoms with Crippen LogP contribution in [0.3, 0.4) is 0 Å². The molecular weight excluding hydrogens is 669 g/mol. The standard InChI is InChI=1S/C32H23BrINO4/c1-17-26(32(37)38-2)27(28-29(35-17)22-12-5-6-13-23(22)30(28)36)20-14-24(33)31(25(34)15-20)39-16-19-10-7-9-18-8-3-4-11-21(18)19/h3-15,27,35H,16H2,1-2H3/t27-/m0/s1. The smallest absolute Gasteiger partial charge is 0.336 e. The third-order valence-corrected chi connectivity index (χ3v) is 8.65. The molecule has 0 saturated carbocycles. The van der Waals surface area contributed by atoms with Gasteiger partial charge < -0.3 is 14.8 Å². The Labute approximate surface area is 248 Å². The van der Waals surface area contributed by atoms with Gasteiger partial charge in [0, 0.05) is 28.3 Å². The molecule has 0 spiro atoms. The molecule has 4 aromatic carbocycles. The summed E-state index contributed by atoms with van der Waals surface area (Å²) in [5.41, 5.74) is 5.74. The molecule has 1 atom stereocenters. The minimum atomic E-state index is -0.592. The molecule has 6 rings (SSSR count). The lowest BCUT2D eigenvalue weighted by Gasteiger charge is -2.29. The molecule has 0 amide bonds. The number of nitrogens with one attached hydrogen (secondary N) is 1. The number of fused-ring (bicyclic) bond motifs is 3. The van der Waals surface area contributed by atoms with Crippen molar-refractivity contribution in [2.24, 2.45) is 0 Å². The van der Waals surface area contributed by atoms with Gasteiger partial charge in [-0.2, -0.15) is 0 Å². The number of carbonyl (C=O) groups excluding carboxylic acids is 2. The molecule has 1 heterocycles. The van der Waals surface area contributed by atoms with Gasteiger partial charge in [0.1, 0.15) is 12.4 Å². The number of hydrogen-bond acceptors (Lipinski definition) is 5. The Hall–Kier alpha value is -3.43. The summed E-state index contributed by atoms with van der Waals surface area (Å²) in [5, 5.41) is 5.64. The van der Waals surface area contributed by atoms with Crippen LogP contribution in [-0.2, 0) is 16.1 Å². The molecule has 0 bridgehead atoms. The minimum Gasteiger partial charge on any atom is -0.487 e. The van der Waals surface area contributed by atoms with Crippen LogP contribution < -0.4 is 10.1 Å². The second-order valence-electron chi connectivity index (χ2n) is 9.49. The Balaban J connectivity index is 1.41. The molecule has 0 aromatic heterocycles. The van der Waals surface area contributed by atoms with E-state index in [1.54, 1.807) is 0 Å². The third-order valence-electron chi connectivity index (χ3n) is 7.26. The van der Waals surface area contributed by atoms with E-state index < -0.39 is 11.9 Å². The molecule has 5 nitrogen and oxygen atoms in total. The van der Waals surface area contributed by atoms with Gasteiger partial charge in [-0.15, -0.1) is 0 Å². The zero-order valence-corrected chi connectivity index (χ0v) is 24.9. The fourth-order valence-electron chi connectivity index (χ4n) is 5.50. The molecule has 1 aliphatic heterocycles. The van der Waals surface area contributed by atoms with E-state index >= 15 is 0 Å². The number of carbonyl (C=O) groups is 2. The number of dihydropyridines is 1. The number of ether oxygens (including phenoxy) is 2. The lowest BCUT2D eigenvalue weighted by Crippen LogP contribution is -2.29. The van der Waals surface area contributed by atoms with E-state index in [0.717, 1.165) is 41.2 Å². The van der Waals surface area contributed by atoms with Gasteiger partial charge in [-0.3, -0.25) is 4.79 Å². The molecular formula is C32H23BrINO4. The average molecular weight is 692 g/mol. The molecule has 1 aliphatic carbocycles. The number of ketones is 1. The quantitative estimate of drug-likeness (QED) is 0.173. The predicted molar refractivity (Wildman–Crippen MR) is 163 cm³/mol. The number of Topliss-reactive ketones (excluding diaryl/α,β-unsaturated/α-hetero) is 1. The van der Waals surface area contributed by atoms with Crippen LogP contribution in [0, 0.1) is 3.57 Å². The highest BCUT2D eigenvalue weighted by molar-refractivity contribution is 14.1. The van der Waals surface area contributed by atoms with Crippen molar-refractivity contribution in [1.29, 1.82) is 0 Å². The largest absolute Gasteiger partial charge is 0.487 e. The van der Waals surface area contributed by atoms with Crippen molar-refractivity contribution in [1.82, 2.24) is 5.32 Å². The van der Waals surface area contributed by atoms with E-state index in [4.69, 9.17) is 9.47 Å². The fraction of sp³-hybridized carbons (Fsp3) is 0.125. The van der Waals surface area contributed by atoms with Gasteiger partial charge in [-0.1, -0.05) is 66.7 Å². The number of hydrogen-bond donors (Lipinski definition) is 1. The van der Waals surface area contributed by atoms with Gasteiger partial charge in [0.15, 0.2) is 5.78 Å². The van der Waals surface area contributed by atoms with Crippen LogP contribution in [0.25, 0.3) is 16.5 Å². The van der Waals surface area contributed by atoms with Crippen LogP contribution in [0.2, 0.25) is 0 Å². The average Bonchev–Trinajstić information content (AvgIpc) is 3.22. The van der Waals surface area contributed by atoms with Crippen molar-refractivity contribution in [2.75, 3.05) is 7.11 Å². The second-order valence-corrected chi connectivity index (χ2v) is 11.5. The first-order valence-electron chi connectivity index (χ1n) is 12.4. The van der Waals surface area contributed by atoms with Crippen molar-refractivity contribution in [2.45, 2.75) is 19.4 Å². The zero-order valence-electron chi connectivity index (χ0n) is 21.2. The first-order valence-corrected chi connectivity index (χ1v) is 14.3. The van der Waals surface area contributed by atoms with Crippen LogP contribution >= 0.6 is 38.5 Å². The highest BCUT2D eigenvalue weighted by atomic mass is 127. The second kappa shape index (κ2) is 10.3. The van der Waals surface area contributed by atoms with E-state index in [1.807, 2.05) is 61.5 Å². The summed E-state index contributed by atoms with van der Waals surface area (Å²) < 4.78 is 13.1. The highest BCUT2D eigenvalue weighted by Gasteiger charge is 2.43. The Bertz CT molecular complexity index is 1730. The highest BCUT2D eigenvalue weighted by Crippen LogP contribution is 2.48. The lowest BCUT2D eigenvalue weighted by atomic mass is 9.80. The molecule has 0 radical (unpaired) electrons. The van der Waals surface area contributed by atoms with Crippen molar-refractivity contribution in [3.8, 4) is 5.75 Å². The van der Waals surface area contributed by atoms with Crippen molar-refractivity contribution in [3.05, 3.63) is 126 Å². The summed E-state index contributed by atoms with van der Waals surface area (Å²) in [4.78, 5) is 26.7.